The summed E-state index contributed by atoms with van der Waals surface area (Å²) in [7, 11) is -3.23. The second-order valence-electron chi connectivity index (χ2n) is 5.75. The van der Waals surface area contributed by atoms with Crippen molar-refractivity contribution in [3.63, 3.8) is 0 Å². The highest BCUT2D eigenvalue weighted by atomic mass is 32.2. The Morgan fingerprint density at radius 1 is 1.11 bits per heavy atom. The van der Waals surface area contributed by atoms with Gasteiger partial charge in [0.15, 0.2) is 9.84 Å². The fourth-order valence-corrected chi connectivity index (χ4v) is 3.63. The van der Waals surface area contributed by atoms with Crippen LogP contribution in [0.5, 0.6) is 0 Å². The third kappa shape index (κ3) is 4.75. The summed E-state index contributed by atoms with van der Waals surface area (Å²) in [5, 5.41) is 10.4. The second-order valence-corrected chi connectivity index (χ2v) is 8.61. The molecule has 9 heteroatoms. The van der Waals surface area contributed by atoms with Gasteiger partial charge in [-0.2, -0.15) is 0 Å². The first-order valence-electron chi connectivity index (χ1n) is 7.92. The van der Waals surface area contributed by atoms with Gasteiger partial charge in [0.25, 0.3) is 5.91 Å². The lowest BCUT2D eigenvalue weighted by molar-refractivity contribution is 0.102. The van der Waals surface area contributed by atoms with Crippen molar-refractivity contribution in [2.24, 2.45) is 0 Å². The minimum Gasteiger partial charge on any atom is -0.407 e. The molecule has 3 aromatic rings. The van der Waals surface area contributed by atoms with Crippen LogP contribution in [0, 0.1) is 0 Å². The zero-order chi connectivity index (χ0) is 19.4. The van der Waals surface area contributed by atoms with Crippen LogP contribution in [-0.4, -0.2) is 37.0 Å². The summed E-state index contributed by atoms with van der Waals surface area (Å²) in [4.78, 5) is 13.5. The van der Waals surface area contributed by atoms with Crippen LogP contribution in [0.2, 0.25) is 0 Å². The normalized spacial score (nSPS) is 11.3. The first kappa shape index (κ1) is 19.1. The largest absolute Gasteiger partial charge is 0.407 e. The van der Waals surface area contributed by atoms with Gasteiger partial charge >= 0.3 is 6.01 Å². The molecule has 3 rings (SSSR count). The van der Waals surface area contributed by atoms with Crippen molar-refractivity contribution in [3.05, 3.63) is 65.5 Å². The van der Waals surface area contributed by atoms with Crippen LogP contribution in [0.25, 0.3) is 0 Å². The summed E-state index contributed by atoms with van der Waals surface area (Å²) in [6.45, 7) is 0. The Kier molecular flexibility index (Phi) is 5.62. The molecule has 1 aromatic heterocycles. The molecule has 27 heavy (non-hydrogen) atoms. The molecule has 0 saturated heterocycles. The van der Waals surface area contributed by atoms with E-state index in [1.165, 1.54) is 23.9 Å². The van der Waals surface area contributed by atoms with Crippen LogP contribution in [-0.2, 0) is 16.3 Å². The van der Waals surface area contributed by atoms with E-state index in [9.17, 15) is 13.2 Å². The molecule has 0 unspecified atom stereocenters. The van der Waals surface area contributed by atoms with Crippen molar-refractivity contribution in [2.45, 2.75) is 16.2 Å². The fourth-order valence-electron chi connectivity index (χ4n) is 2.40. The molecule has 0 aliphatic carbocycles. The molecule has 1 heterocycles. The number of benzene rings is 2. The number of amides is 1. The molecule has 140 valence electrons. The number of anilines is 1. The molecule has 0 atom stereocenters. The highest BCUT2D eigenvalue weighted by Gasteiger charge is 2.15. The Morgan fingerprint density at radius 2 is 1.81 bits per heavy atom. The molecular formula is C18H17N3O4S2. The molecule has 7 nitrogen and oxygen atoms in total. The highest BCUT2D eigenvalue weighted by Crippen LogP contribution is 2.21. The van der Waals surface area contributed by atoms with Gasteiger partial charge in [-0.3, -0.25) is 10.1 Å². The third-order valence-corrected chi connectivity index (χ3v) is 5.67. The van der Waals surface area contributed by atoms with Gasteiger partial charge < -0.3 is 4.42 Å². The van der Waals surface area contributed by atoms with Gasteiger partial charge in [-0.1, -0.05) is 29.4 Å². The summed E-state index contributed by atoms with van der Waals surface area (Å²) in [5.74, 6) is -0.0109. The summed E-state index contributed by atoms with van der Waals surface area (Å²) in [6.07, 6.45) is 3.38. The molecule has 0 radical (unpaired) electrons. The Hall–Kier alpha value is -2.65. The van der Waals surface area contributed by atoms with Gasteiger partial charge in [0.2, 0.25) is 5.89 Å². The predicted molar refractivity (Wildman–Crippen MR) is 103 cm³/mol. The average molecular weight is 403 g/mol. The lowest BCUT2D eigenvalue weighted by Gasteiger charge is -2.05. The van der Waals surface area contributed by atoms with Crippen molar-refractivity contribution in [1.82, 2.24) is 10.2 Å². The SMILES string of the molecule is CSc1ccccc1C(=O)Nc1nnc(Cc2ccc(S(C)(=O)=O)cc2)o1. The maximum atomic E-state index is 12.4. The molecule has 1 N–H and O–H groups in total. The Bertz CT molecular complexity index is 1060. The number of nitrogens with zero attached hydrogens (tertiary/aromatic N) is 2. The van der Waals surface area contributed by atoms with Gasteiger partial charge in [0.05, 0.1) is 16.9 Å². The molecular weight excluding hydrogens is 386 g/mol. The number of carbonyl (C=O) groups excluding carboxylic acids is 1. The number of hydrogen-bond donors (Lipinski definition) is 1. The zero-order valence-electron chi connectivity index (χ0n) is 14.7. The monoisotopic (exact) mass is 403 g/mol. The molecule has 1 amide bonds. The topological polar surface area (TPSA) is 102 Å². The molecule has 0 saturated carbocycles. The van der Waals surface area contributed by atoms with E-state index < -0.39 is 9.84 Å². The van der Waals surface area contributed by atoms with Crippen LogP contribution in [0.3, 0.4) is 0 Å². The number of nitrogens with one attached hydrogen (secondary N) is 1. The standard InChI is InChI=1S/C18H17N3O4S2/c1-26-15-6-4-3-5-14(15)17(22)19-18-21-20-16(25-18)11-12-7-9-13(10-8-12)27(2,23)24/h3-10H,11H2,1-2H3,(H,19,21,22). The summed E-state index contributed by atoms with van der Waals surface area (Å²) in [5.41, 5.74) is 1.35. The van der Waals surface area contributed by atoms with Crippen molar-refractivity contribution < 1.29 is 17.6 Å². The minimum absolute atomic E-state index is 0.0127. The smallest absolute Gasteiger partial charge is 0.322 e. The zero-order valence-corrected chi connectivity index (χ0v) is 16.3. The number of aromatic nitrogens is 2. The van der Waals surface area contributed by atoms with Crippen LogP contribution in [0.15, 0.2) is 62.7 Å². The fraction of sp³-hybridized carbons (Fsp3) is 0.167. The van der Waals surface area contributed by atoms with Crippen molar-refractivity contribution >= 4 is 33.5 Å². The van der Waals surface area contributed by atoms with Crippen molar-refractivity contribution in [3.8, 4) is 0 Å². The van der Waals surface area contributed by atoms with Crippen LogP contribution < -0.4 is 5.32 Å². The minimum atomic E-state index is -3.23. The first-order valence-corrected chi connectivity index (χ1v) is 11.0. The Morgan fingerprint density at radius 3 is 2.48 bits per heavy atom. The number of rotatable bonds is 6. The van der Waals surface area contributed by atoms with E-state index >= 15 is 0 Å². The van der Waals surface area contributed by atoms with Crippen molar-refractivity contribution in [1.29, 1.82) is 0 Å². The maximum absolute atomic E-state index is 12.4. The average Bonchev–Trinajstić information content (AvgIpc) is 3.08. The Balaban J connectivity index is 1.69. The number of sulfone groups is 1. The van der Waals surface area contributed by atoms with Crippen LogP contribution >= 0.6 is 11.8 Å². The van der Waals surface area contributed by atoms with E-state index in [-0.39, 0.29) is 16.8 Å². The number of hydrogen-bond acceptors (Lipinski definition) is 7. The molecule has 0 spiro atoms. The summed E-state index contributed by atoms with van der Waals surface area (Å²) >= 11 is 1.47. The molecule has 0 aliphatic heterocycles. The molecule has 0 bridgehead atoms. The second kappa shape index (κ2) is 7.93. The number of thioether (sulfide) groups is 1. The third-order valence-electron chi connectivity index (χ3n) is 3.75. The van der Waals surface area contributed by atoms with Gasteiger partial charge in [-0.15, -0.1) is 16.9 Å². The van der Waals surface area contributed by atoms with E-state index in [0.29, 0.717) is 17.9 Å². The van der Waals surface area contributed by atoms with Gasteiger partial charge in [-0.25, -0.2) is 8.42 Å². The molecule has 2 aromatic carbocycles. The summed E-state index contributed by atoms with van der Waals surface area (Å²) < 4.78 is 28.4. The van der Waals surface area contributed by atoms with Crippen molar-refractivity contribution in [2.75, 3.05) is 17.8 Å². The van der Waals surface area contributed by atoms with E-state index in [4.69, 9.17) is 4.42 Å². The number of carbonyl (C=O) groups is 1. The van der Waals surface area contributed by atoms with Crippen LogP contribution in [0.4, 0.5) is 6.01 Å². The Labute approximate surface area is 161 Å². The highest BCUT2D eigenvalue weighted by molar-refractivity contribution is 7.98. The predicted octanol–water partition coefficient (Wildman–Crippen LogP) is 3.04. The van der Waals surface area contributed by atoms with E-state index in [1.54, 1.807) is 24.3 Å². The van der Waals surface area contributed by atoms with E-state index in [1.807, 2.05) is 18.4 Å². The van der Waals surface area contributed by atoms with E-state index in [0.717, 1.165) is 16.7 Å². The molecule has 0 fully saturated rings. The quantitative estimate of drug-likeness (QED) is 0.631. The first-order chi connectivity index (χ1) is 12.9. The summed E-state index contributed by atoms with van der Waals surface area (Å²) in [6, 6.07) is 13.7. The van der Waals surface area contributed by atoms with Crippen LogP contribution in [0.1, 0.15) is 21.8 Å². The van der Waals surface area contributed by atoms with Gasteiger partial charge in [-0.05, 0) is 36.1 Å². The lowest BCUT2D eigenvalue weighted by Crippen LogP contribution is -2.13. The maximum Gasteiger partial charge on any atom is 0.322 e. The van der Waals surface area contributed by atoms with Gasteiger partial charge in [0.1, 0.15) is 0 Å². The van der Waals surface area contributed by atoms with E-state index in [2.05, 4.69) is 15.5 Å². The molecule has 0 aliphatic rings. The van der Waals surface area contributed by atoms with Gasteiger partial charge in [0, 0.05) is 11.2 Å². The lowest BCUT2D eigenvalue weighted by atomic mass is 10.1.